The Kier molecular flexibility index (Phi) is 3.79. The van der Waals surface area contributed by atoms with Gasteiger partial charge >= 0.3 is 6.09 Å². The third-order valence-electron chi connectivity index (χ3n) is 3.10. The number of ether oxygens (including phenoxy) is 1. The van der Waals surface area contributed by atoms with E-state index in [1.807, 2.05) is 26.8 Å². The van der Waals surface area contributed by atoms with E-state index in [2.05, 4.69) is 4.98 Å². The van der Waals surface area contributed by atoms with Crippen molar-refractivity contribution in [3.8, 4) is 0 Å². The van der Waals surface area contributed by atoms with Gasteiger partial charge in [0.15, 0.2) is 5.78 Å². The van der Waals surface area contributed by atoms with Crippen molar-refractivity contribution in [1.82, 2.24) is 9.88 Å². The lowest BCUT2D eigenvalue weighted by molar-refractivity contribution is 0.0223. The molecule has 0 aromatic carbocycles. The molecule has 0 saturated carbocycles. The number of nitrogens with zero attached hydrogens (tertiary/aromatic N) is 2. The molecule has 5 nitrogen and oxygen atoms in total. The Morgan fingerprint density at radius 2 is 2.05 bits per heavy atom. The zero-order valence-electron chi connectivity index (χ0n) is 12.4. The summed E-state index contributed by atoms with van der Waals surface area (Å²) in [6, 6.07) is 1.82. The summed E-state index contributed by atoms with van der Waals surface area (Å²) in [7, 11) is 0. The molecule has 1 aromatic rings. The van der Waals surface area contributed by atoms with E-state index >= 15 is 0 Å². The largest absolute Gasteiger partial charge is 0.444 e. The summed E-state index contributed by atoms with van der Waals surface area (Å²) in [6.07, 6.45) is 1.97. The van der Waals surface area contributed by atoms with E-state index in [0.29, 0.717) is 25.1 Å². The van der Waals surface area contributed by atoms with Gasteiger partial charge in [-0.05, 0) is 39.3 Å². The van der Waals surface area contributed by atoms with Gasteiger partial charge in [0.25, 0.3) is 0 Å². The van der Waals surface area contributed by atoms with Gasteiger partial charge in [0.05, 0.1) is 6.54 Å². The highest BCUT2D eigenvalue weighted by Crippen LogP contribution is 2.20. The van der Waals surface area contributed by atoms with Gasteiger partial charge in [-0.15, -0.1) is 0 Å². The first-order valence-corrected chi connectivity index (χ1v) is 6.73. The average Bonchev–Trinajstić information content (AvgIpc) is 2.35. The first kappa shape index (κ1) is 14.5. The van der Waals surface area contributed by atoms with Gasteiger partial charge in [0.2, 0.25) is 0 Å². The number of aromatic nitrogens is 1. The lowest BCUT2D eigenvalue weighted by Gasteiger charge is -2.30. The summed E-state index contributed by atoms with van der Waals surface area (Å²) >= 11 is 0. The molecule has 0 atom stereocenters. The average molecular weight is 276 g/mol. The summed E-state index contributed by atoms with van der Waals surface area (Å²) < 4.78 is 5.37. The van der Waals surface area contributed by atoms with Crippen LogP contribution in [0, 0.1) is 0 Å². The van der Waals surface area contributed by atoms with Crippen LogP contribution in [0.4, 0.5) is 4.79 Å². The minimum Gasteiger partial charge on any atom is -0.444 e. The second kappa shape index (κ2) is 5.23. The van der Waals surface area contributed by atoms with Crippen molar-refractivity contribution in [3.05, 3.63) is 29.1 Å². The molecule has 0 aliphatic carbocycles. The van der Waals surface area contributed by atoms with Crippen LogP contribution in [0.15, 0.2) is 12.3 Å². The van der Waals surface area contributed by atoms with Gasteiger partial charge in [0.1, 0.15) is 5.60 Å². The van der Waals surface area contributed by atoms with Crippen molar-refractivity contribution in [1.29, 1.82) is 0 Å². The number of ketones is 1. The molecule has 5 heteroatoms. The maximum absolute atomic E-state index is 12.1. The van der Waals surface area contributed by atoms with Crippen LogP contribution in [0.25, 0.3) is 0 Å². The van der Waals surface area contributed by atoms with E-state index in [1.54, 1.807) is 11.1 Å². The highest BCUT2D eigenvalue weighted by Gasteiger charge is 2.26. The highest BCUT2D eigenvalue weighted by atomic mass is 16.6. The van der Waals surface area contributed by atoms with Crippen LogP contribution in [-0.2, 0) is 17.7 Å². The molecular formula is C15H20N2O3. The molecule has 0 bridgehead atoms. The Hall–Kier alpha value is -1.91. The highest BCUT2D eigenvalue weighted by molar-refractivity contribution is 5.93. The van der Waals surface area contributed by atoms with Gasteiger partial charge in [-0.1, -0.05) is 0 Å². The molecule has 1 aliphatic heterocycles. The zero-order chi connectivity index (χ0) is 14.9. The van der Waals surface area contributed by atoms with Crippen LogP contribution in [0.5, 0.6) is 0 Å². The minimum atomic E-state index is -0.503. The van der Waals surface area contributed by atoms with Crippen LogP contribution in [0.3, 0.4) is 0 Å². The van der Waals surface area contributed by atoms with Crippen molar-refractivity contribution in [2.24, 2.45) is 0 Å². The number of hydrogen-bond donors (Lipinski definition) is 0. The van der Waals surface area contributed by atoms with E-state index in [0.717, 1.165) is 11.3 Å². The fourth-order valence-corrected chi connectivity index (χ4v) is 2.10. The van der Waals surface area contributed by atoms with Crippen molar-refractivity contribution in [2.75, 3.05) is 6.54 Å². The number of pyridine rings is 1. The Morgan fingerprint density at radius 1 is 1.35 bits per heavy atom. The smallest absolute Gasteiger partial charge is 0.410 e. The second-order valence-electron chi connectivity index (χ2n) is 6.04. The van der Waals surface area contributed by atoms with Gasteiger partial charge in [-0.2, -0.15) is 0 Å². The maximum Gasteiger partial charge on any atom is 0.410 e. The maximum atomic E-state index is 12.1. The van der Waals surface area contributed by atoms with Crippen molar-refractivity contribution in [3.63, 3.8) is 0 Å². The number of Topliss-reactive ketones (excluding diaryl/α,β-unsaturated/α-hetero) is 1. The Morgan fingerprint density at radius 3 is 2.65 bits per heavy atom. The lowest BCUT2D eigenvalue weighted by atomic mass is 10.0. The molecule has 20 heavy (non-hydrogen) atoms. The number of fused-ring (bicyclic) bond motifs is 1. The van der Waals surface area contributed by atoms with E-state index in [-0.39, 0.29) is 11.9 Å². The van der Waals surface area contributed by atoms with E-state index in [9.17, 15) is 9.59 Å². The molecule has 0 radical (unpaired) electrons. The molecule has 0 saturated heterocycles. The molecule has 0 spiro atoms. The van der Waals surface area contributed by atoms with Gasteiger partial charge in [0, 0.05) is 30.4 Å². The predicted octanol–water partition coefficient (Wildman–Crippen LogP) is 2.58. The number of carbonyl (C=O) groups is 2. The lowest BCUT2D eigenvalue weighted by Crippen LogP contribution is -2.40. The molecule has 0 fully saturated rings. The summed E-state index contributed by atoms with van der Waals surface area (Å²) in [5.41, 5.74) is 1.95. The van der Waals surface area contributed by atoms with Crippen LogP contribution >= 0.6 is 0 Å². The summed E-state index contributed by atoms with van der Waals surface area (Å²) in [5.74, 6) is -0.0188. The molecule has 2 rings (SSSR count). The molecular weight excluding hydrogens is 256 g/mol. The monoisotopic (exact) mass is 276 g/mol. The molecule has 0 unspecified atom stereocenters. The number of rotatable bonds is 1. The molecule has 1 aromatic heterocycles. The number of amides is 1. The third kappa shape index (κ3) is 3.35. The number of carbonyl (C=O) groups excluding carboxylic acids is 2. The molecule has 1 amide bonds. The summed E-state index contributed by atoms with van der Waals surface area (Å²) in [4.78, 5) is 29.4. The van der Waals surface area contributed by atoms with E-state index in [4.69, 9.17) is 4.74 Å². The molecule has 0 N–H and O–H groups in total. The van der Waals surface area contributed by atoms with Crippen LogP contribution in [0.1, 0.15) is 49.3 Å². The van der Waals surface area contributed by atoms with Crippen LogP contribution < -0.4 is 0 Å². The van der Waals surface area contributed by atoms with Crippen LogP contribution in [0.2, 0.25) is 0 Å². The fourth-order valence-electron chi connectivity index (χ4n) is 2.10. The normalized spacial score (nSPS) is 14.7. The quantitative estimate of drug-likeness (QED) is 0.740. The molecule has 108 valence electrons. The molecule has 2 heterocycles. The zero-order valence-corrected chi connectivity index (χ0v) is 12.4. The topological polar surface area (TPSA) is 59.5 Å². The first-order chi connectivity index (χ1) is 9.26. The van der Waals surface area contributed by atoms with E-state index < -0.39 is 5.60 Å². The standard InChI is InChI=1S/C15H20N2O3/c1-10(18)11-7-12-9-17(6-5-13(12)16-8-11)14(19)20-15(2,3)4/h7-8H,5-6,9H2,1-4H3. The second-order valence-corrected chi connectivity index (χ2v) is 6.04. The summed E-state index contributed by atoms with van der Waals surface area (Å²) in [6.45, 7) is 8.08. The van der Waals surface area contributed by atoms with Gasteiger partial charge < -0.3 is 9.64 Å². The van der Waals surface area contributed by atoms with Crippen molar-refractivity contribution in [2.45, 2.75) is 46.3 Å². The Labute approximate surface area is 118 Å². The minimum absolute atomic E-state index is 0.0188. The van der Waals surface area contributed by atoms with E-state index in [1.165, 1.54) is 6.92 Å². The third-order valence-corrected chi connectivity index (χ3v) is 3.10. The first-order valence-electron chi connectivity index (χ1n) is 6.73. The van der Waals surface area contributed by atoms with Crippen molar-refractivity contribution < 1.29 is 14.3 Å². The SMILES string of the molecule is CC(=O)c1cnc2c(c1)CN(C(=O)OC(C)(C)C)CC2. The molecule has 1 aliphatic rings. The Balaban J connectivity index is 2.15. The summed E-state index contributed by atoms with van der Waals surface area (Å²) in [5, 5.41) is 0. The van der Waals surface area contributed by atoms with Crippen molar-refractivity contribution >= 4 is 11.9 Å². The predicted molar refractivity (Wildman–Crippen MR) is 74.6 cm³/mol. The van der Waals surface area contributed by atoms with Crippen LogP contribution in [-0.4, -0.2) is 33.9 Å². The van der Waals surface area contributed by atoms with Gasteiger partial charge in [-0.3, -0.25) is 9.78 Å². The number of hydrogen-bond acceptors (Lipinski definition) is 4. The van der Waals surface area contributed by atoms with Gasteiger partial charge in [-0.25, -0.2) is 4.79 Å². The fraction of sp³-hybridized carbons (Fsp3) is 0.533. The Bertz CT molecular complexity index is 547.